The Balaban J connectivity index is 2.77. The van der Waals surface area contributed by atoms with E-state index >= 15 is 0 Å². The molecule has 2 rings (SSSR count). The summed E-state index contributed by atoms with van der Waals surface area (Å²) in [6, 6.07) is 4.32. The standard InChI is InChI=1S/C12H13ClS/c1-3-8-5-6-10-11(12(8)13)9(4-2)7-14-10/h5-7H,3-4H2,1-2H3. The number of halogens is 1. The van der Waals surface area contributed by atoms with E-state index in [1.807, 2.05) is 0 Å². The summed E-state index contributed by atoms with van der Waals surface area (Å²) < 4.78 is 1.31. The van der Waals surface area contributed by atoms with Gasteiger partial charge in [0.2, 0.25) is 0 Å². The maximum Gasteiger partial charge on any atom is 0.0527 e. The second kappa shape index (κ2) is 3.92. The van der Waals surface area contributed by atoms with Crippen molar-refractivity contribution in [3.05, 3.63) is 33.7 Å². The van der Waals surface area contributed by atoms with Crippen LogP contribution < -0.4 is 0 Å². The average Bonchev–Trinajstić information content (AvgIpc) is 2.62. The minimum Gasteiger partial charge on any atom is -0.143 e. The summed E-state index contributed by atoms with van der Waals surface area (Å²) in [7, 11) is 0. The predicted octanol–water partition coefficient (Wildman–Crippen LogP) is 4.68. The number of hydrogen-bond donors (Lipinski definition) is 0. The maximum absolute atomic E-state index is 6.37. The molecule has 1 aromatic heterocycles. The van der Waals surface area contributed by atoms with Gasteiger partial charge in [-0.25, -0.2) is 0 Å². The fourth-order valence-corrected chi connectivity index (χ4v) is 3.25. The van der Waals surface area contributed by atoms with Crippen molar-refractivity contribution in [3.63, 3.8) is 0 Å². The van der Waals surface area contributed by atoms with Crippen LogP contribution in [0.3, 0.4) is 0 Å². The van der Waals surface area contributed by atoms with Crippen LogP contribution in [0, 0.1) is 0 Å². The Bertz CT molecular complexity index is 457. The van der Waals surface area contributed by atoms with Crippen molar-refractivity contribution in [1.29, 1.82) is 0 Å². The lowest BCUT2D eigenvalue weighted by Gasteiger charge is -2.03. The molecule has 0 aliphatic carbocycles. The smallest absolute Gasteiger partial charge is 0.0527 e. The molecule has 0 aliphatic rings. The van der Waals surface area contributed by atoms with Crippen LogP contribution in [0.1, 0.15) is 25.0 Å². The zero-order chi connectivity index (χ0) is 10.1. The van der Waals surface area contributed by atoms with Crippen molar-refractivity contribution in [1.82, 2.24) is 0 Å². The van der Waals surface area contributed by atoms with E-state index in [2.05, 4.69) is 31.4 Å². The number of rotatable bonds is 2. The summed E-state index contributed by atoms with van der Waals surface area (Å²) in [5.74, 6) is 0. The van der Waals surface area contributed by atoms with Crippen molar-refractivity contribution in [2.45, 2.75) is 26.7 Å². The summed E-state index contributed by atoms with van der Waals surface area (Å²) in [6.45, 7) is 4.32. The van der Waals surface area contributed by atoms with E-state index in [-0.39, 0.29) is 0 Å². The van der Waals surface area contributed by atoms with E-state index in [1.165, 1.54) is 21.2 Å². The molecule has 14 heavy (non-hydrogen) atoms. The van der Waals surface area contributed by atoms with Gasteiger partial charge in [0.1, 0.15) is 0 Å². The van der Waals surface area contributed by atoms with Crippen molar-refractivity contribution in [2.24, 2.45) is 0 Å². The van der Waals surface area contributed by atoms with Crippen molar-refractivity contribution in [3.8, 4) is 0 Å². The van der Waals surface area contributed by atoms with Gasteiger partial charge in [-0.1, -0.05) is 31.5 Å². The van der Waals surface area contributed by atoms with Gasteiger partial charge >= 0.3 is 0 Å². The molecule has 0 atom stereocenters. The first-order valence-electron chi connectivity index (χ1n) is 4.95. The molecular weight excluding hydrogens is 212 g/mol. The van der Waals surface area contributed by atoms with Crippen LogP contribution in [0.25, 0.3) is 10.1 Å². The molecule has 0 saturated heterocycles. The number of aryl methyl sites for hydroxylation is 2. The molecule has 2 aromatic rings. The van der Waals surface area contributed by atoms with Gasteiger partial charge in [0, 0.05) is 10.1 Å². The van der Waals surface area contributed by atoms with E-state index in [9.17, 15) is 0 Å². The Labute approximate surface area is 93.5 Å². The highest BCUT2D eigenvalue weighted by Crippen LogP contribution is 2.34. The van der Waals surface area contributed by atoms with Gasteiger partial charge in [0.25, 0.3) is 0 Å². The molecule has 0 aliphatic heterocycles. The van der Waals surface area contributed by atoms with Crippen LogP contribution >= 0.6 is 22.9 Å². The van der Waals surface area contributed by atoms with Gasteiger partial charge in [-0.3, -0.25) is 0 Å². The van der Waals surface area contributed by atoms with Gasteiger partial charge < -0.3 is 0 Å². The minimum atomic E-state index is 0.961. The summed E-state index contributed by atoms with van der Waals surface area (Å²) >= 11 is 8.16. The Morgan fingerprint density at radius 1 is 1.14 bits per heavy atom. The van der Waals surface area contributed by atoms with Crippen LogP contribution in [-0.2, 0) is 12.8 Å². The van der Waals surface area contributed by atoms with Crippen LogP contribution in [0.15, 0.2) is 17.5 Å². The molecular formula is C12H13ClS. The fourth-order valence-electron chi connectivity index (χ4n) is 1.73. The first kappa shape index (κ1) is 10.0. The maximum atomic E-state index is 6.37. The monoisotopic (exact) mass is 224 g/mol. The zero-order valence-corrected chi connectivity index (χ0v) is 10.0. The van der Waals surface area contributed by atoms with E-state index in [1.54, 1.807) is 11.3 Å². The zero-order valence-electron chi connectivity index (χ0n) is 8.43. The third-order valence-corrected chi connectivity index (χ3v) is 4.02. The molecule has 0 radical (unpaired) electrons. The van der Waals surface area contributed by atoms with Crippen molar-refractivity contribution < 1.29 is 0 Å². The lowest BCUT2D eigenvalue weighted by Crippen LogP contribution is -1.84. The Morgan fingerprint density at radius 3 is 2.50 bits per heavy atom. The first-order valence-corrected chi connectivity index (χ1v) is 6.21. The molecule has 0 amide bonds. The molecule has 0 bridgehead atoms. The summed E-state index contributed by atoms with van der Waals surface area (Å²) in [4.78, 5) is 0. The van der Waals surface area contributed by atoms with Gasteiger partial charge in [-0.2, -0.15) is 0 Å². The lowest BCUT2D eigenvalue weighted by atomic mass is 10.1. The summed E-state index contributed by atoms with van der Waals surface area (Å²) in [6.07, 6.45) is 2.07. The highest BCUT2D eigenvalue weighted by Gasteiger charge is 2.09. The Kier molecular flexibility index (Phi) is 2.80. The molecule has 0 saturated carbocycles. The van der Waals surface area contributed by atoms with E-state index < -0.39 is 0 Å². The van der Waals surface area contributed by atoms with Crippen molar-refractivity contribution >= 4 is 33.0 Å². The summed E-state index contributed by atoms with van der Waals surface area (Å²) in [5.41, 5.74) is 2.64. The normalized spacial score (nSPS) is 11.1. The molecule has 74 valence electrons. The number of hydrogen-bond acceptors (Lipinski definition) is 1. The second-order valence-corrected chi connectivity index (χ2v) is 4.67. The molecule has 1 aromatic carbocycles. The van der Waals surface area contributed by atoms with E-state index in [0.29, 0.717) is 0 Å². The largest absolute Gasteiger partial charge is 0.143 e. The fraction of sp³-hybridized carbons (Fsp3) is 0.333. The number of thiophene rings is 1. The van der Waals surface area contributed by atoms with Crippen molar-refractivity contribution in [2.75, 3.05) is 0 Å². The summed E-state index contributed by atoms with van der Waals surface area (Å²) in [5, 5.41) is 4.46. The van der Waals surface area contributed by atoms with Gasteiger partial charge in [0.05, 0.1) is 5.02 Å². The Hall–Kier alpha value is -0.530. The first-order chi connectivity index (χ1) is 6.77. The van der Waals surface area contributed by atoms with Gasteiger partial charge in [-0.15, -0.1) is 11.3 Å². The minimum absolute atomic E-state index is 0.961. The number of fused-ring (bicyclic) bond motifs is 1. The van der Waals surface area contributed by atoms with Gasteiger partial charge in [-0.05, 0) is 35.4 Å². The molecule has 0 unspecified atom stereocenters. The van der Waals surface area contributed by atoms with Crippen LogP contribution in [0.4, 0.5) is 0 Å². The second-order valence-electron chi connectivity index (χ2n) is 3.38. The predicted molar refractivity (Wildman–Crippen MR) is 65.6 cm³/mol. The average molecular weight is 225 g/mol. The SMILES string of the molecule is CCc1ccc2scc(CC)c2c1Cl. The lowest BCUT2D eigenvalue weighted by molar-refractivity contribution is 1.14. The molecule has 0 fully saturated rings. The number of benzene rings is 1. The Morgan fingerprint density at radius 2 is 1.86 bits per heavy atom. The highest BCUT2D eigenvalue weighted by atomic mass is 35.5. The van der Waals surface area contributed by atoms with Crippen LogP contribution in [0.5, 0.6) is 0 Å². The quantitative estimate of drug-likeness (QED) is 0.695. The van der Waals surface area contributed by atoms with E-state index in [4.69, 9.17) is 11.6 Å². The van der Waals surface area contributed by atoms with Crippen LogP contribution in [-0.4, -0.2) is 0 Å². The van der Waals surface area contributed by atoms with Gasteiger partial charge in [0.15, 0.2) is 0 Å². The van der Waals surface area contributed by atoms with Crippen LogP contribution in [0.2, 0.25) is 5.02 Å². The molecule has 0 spiro atoms. The highest BCUT2D eigenvalue weighted by molar-refractivity contribution is 7.17. The molecule has 2 heteroatoms. The molecule has 1 heterocycles. The van der Waals surface area contributed by atoms with E-state index in [0.717, 1.165) is 17.9 Å². The molecule has 0 nitrogen and oxygen atoms in total. The topological polar surface area (TPSA) is 0 Å². The third kappa shape index (κ3) is 1.45. The molecule has 0 N–H and O–H groups in total. The third-order valence-electron chi connectivity index (χ3n) is 2.59.